The highest BCUT2D eigenvalue weighted by atomic mass is 16.6. The molecule has 31 heavy (non-hydrogen) atoms. The number of rotatable bonds is 9. The second kappa shape index (κ2) is 10.5. The molecule has 0 fully saturated rings. The van der Waals surface area contributed by atoms with E-state index in [1.54, 1.807) is 50.6 Å². The zero-order valence-corrected chi connectivity index (χ0v) is 18.2. The number of carbonyl (C=O) groups is 1. The summed E-state index contributed by atoms with van der Waals surface area (Å²) in [6.07, 6.45) is 3.49. The van der Waals surface area contributed by atoms with E-state index in [1.165, 1.54) is 6.33 Å². The van der Waals surface area contributed by atoms with Crippen LogP contribution in [0.5, 0.6) is 23.1 Å². The number of fused-ring (bicyclic) bond motifs is 1. The summed E-state index contributed by atoms with van der Waals surface area (Å²) >= 11 is 0. The van der Waals surface area contributed by atoms with E-state index in [1.807, 2.05) is 6.92 Å². The zero-order chi connectivity index (χ0) is 22.2. The molecule has 0 spiro atoms. The Morgan fingerprint density at radius 1 is 1.03 bits per heavy atom. The van der Waals surface area contributed by atoms with Gasteiger partial charge in [0.2, 0.25) is 5.88 Å². The number of nitrogens with one attached hydrogen (secondary N) is 1. The van der Waals surface area contributed by atoms with Gasteiger partial charge in [-0.1, -0.05) is 20.3 Å². The van der Waals surface area contributed by atoms with Crippen molar-refractivity contribution in [2.24, 2.45) is 0 Å². The monoisotopic (exact) mass is 425 g/mol. The highest BCUT2D eigenvalue weighted by Gasteiger charge is 2.14. The summed E-state index contributed by atoms with van der Waals surface area (Å²) in [7, 11) is 3.13. The van der Waals surface area contributed by atoms with Gasteiger partial charge in [-0.25, -0.2) is 14.8 Å². The van der Waals surface area contributed by atoms with Crippen molar-refractivity contribution in [3.8, 4) is 23.1 Å². The molecule has 3 rings (SSSR count). The third-order valence-electron chi connectivity index (χ3n) is 4.76. The van der Waals surface area contributed by atoms with Gasteiger partial charge in [-0.15, -0.1) is 0 Å². The standard InChI is InChI=1S/C23H27N3O5/c1-5-7-16(6-2)31-23(27)26-15-8-10-17(11-9-15)30-22-18-12-20(28-3)21(29-4)13-19(18)24-14-25-22/h8-14,16H,5-7H2,1-4H3,(H,26,27). The normalized spacial score (nSPS) is 11.6. The molecule has 164 valence electrons. The fourth-order valence-electron chi connectivity index (χ4n) is 3.13. The summed E-state index contributed by atoms with van der Waals surface area (Å²) in [5, 5.41) is 3.43. The molecule has 8 nitrogen and oxygen atoms in total. The van der Waals surface area contributed by atoms with Gasteiger partial charge >= 0.3 is 6.09 Å². The van der Waals surface area contributed by atoms with E-state index in [4.69, 9.17) is 18.9 Å². The Morgan fingerprint density at radius 3 is 2.39 bits per heavy atom. The fraction of sp³-hybridized carbons (Fsp3) is 0.348. The molecule has 1 unspecified atom stereocenters. The lowest BCUT2D eigenvalue weighted by Crippen LogP contribution is -2.21. The smallest absolute Gasteiger partial charge is 0.411 e. The van der Waals surface area contributed by atoms with Crippen LogP contribution in [0.2, 0.25) is 0 Å². The number of hydrogen-bond acceptors (Lipinski definition) is 7. The van der Waals surface area contributed by atoms with Crippen molar-refractivity contribution < 1.29 is 23.7 Å². The summed E-state index contributed by atoms with van der Waals surface area (Å²) in [6.45, 7) is 4.07. The number of amides is 1. The van der Waals surface area contributed by atoms with Crippen LogP contribution in [0.4, 0.5) is 10.5 Å². The van der Waals surface area contributed by atoms with E-state index in [0.29, 0.717) is 39.7 Å². The van der Waals surface area contributed by atoms with Gasteiger partial charge in [-0.3, -0.25) is 5.32 Å². The molecule has 1 atom stereocenters. The molecule has 0 bridgehead atoms. The molecule has 1 amide bonds. The van der Waals surface area contributed by atoms with Crippen LogP contribution in [0, 0.1) is 0 Å². The Balaban J connectivity index is 1.72. The van der Waals surface area contributed by atoms with Crippen LogP contribution in [-0.4, -0.2) is 36.4 Å². The Hall–Kier alpha value is -3.55. The molecule has 0 saturated carbocycles. The number of nitrogens with zero attached hydrogens (tertiary/aromatic N) is 2. The van der Waals surface area contributed by atoms with Crippen molar-refractivity contribution in [2.75, 3.05) is 19.5 Å². The molecule has 1 aromatic heterocycles. The summed E-state index contributed by atoms with van der Waals surface area (Å²) in [5.41, 5.74) is 1.28. The zero-order valence-electron chi connectivity index (χ0n) is 18.2. The summed E-state index contributed by atoms with van der Waals surface area (Å²) < 4.78 is 22.1. The molecule has 1 N–H and O–H groups in total. The molecule has 0 radical (unpaired) electrons. The molecule has 0 saturated heterocycles. The Morgan fingerprint density at radius 2 is 1.74 bits per heavy atom. The van der Waals surface area contributed by atoms with E-state index in [2.05, 4.69) is 22.2 Å². The first kappa shape index (κ1) is 22.1. The predicted molar refractivity (Wildman–Crippen MR) is 118 cm³/mol. The quantitative estimate of drug-likeness (QED) is 0.479. The van der Waals surface area contributed by atoms with Gasteiger partial charge in [0.25, 0.3) is 0 Å². The topological polar surface area (TPSA) is 91.8 Å². The lowest BCUT2D eigenvalue weighted by molar-refractivity contribution is 0.102. The van der Waals surface area contributed by atoms with Crippen molar-refractivity contribution in [1.82, 2.24) is 9.97 Å². The first-order chi connectivity index (χ1) is 15.1. The molecule has 2 aromatic carbocycles. The molecule has 0 aliphatic heterocycles. The van der Waals surface area contributed by atoms with Crippen LogP contribution in [0.1, 0.15) is 33.1 Å². The van der Waals surface area contributed by atoms with Crippen molar-refractivity contribution in [3.63, 3.8) is 0 Å². The molecule has 8 heteroatoms. The molecule has 0 aliphatic rings. The minimum Gasteiger partial charge on any atom is -0.493 e. The van der Waals surface area contributed by atoms with E-state index in [0.717, 1.165) is 19.3 Å². The third kappa shape index (κ3) is 5.53. The lowest BCUT2D eigenvalue weighted by Gasteiger charge is -2.16. The number of anilines is 1. The minimum atomic E-state index is -0.461. The minimum absolute atomic E-state index is 0.0748. The average molecular weight is 425 g/mol. The van der Waals surface area contributed by atoms with Crippen molar-refractivity contribution >= 4 is 22.7 Å². The number of carbonyl (C=O) groups excluding carboxylic acids is 1. The largest absolute Gasteiger partial charge is 0.493 e. The van der Waals surface area contributed by atoms with Crippen LogP contribution in [0.25, 0.3) is 10.9 Å². The second-order valence-electron chi connectivity index (χ2n) is 6.88. The number of hydrogen-bond donors (Lipinski definition) is 1. The fourth-order valence-corrected chi connectivity index (χ4v) is 3.13. The van der Waals surface area contributed by atoms with Crippen LogP contribution in [0.3, 0.4) is 0 Å². The van der Waals surface area contributed by atoms with Crippen molar-refractivity contribution in [3.05, 3.63) is 42.7 Å². The van der Waals surface area contributed by atoms with Crippen LogP contribution >= 0.6 is 0 Å². The maximum Gasteiger partial charge on any atom is 0.411 e. The van der Waals surface area contributed by atoms with E-state index >= 15 is 0 Å². The van der Waals surface area contributed by atoms with Gasteiger partial charge in [0.1, 0.15) is 18.2 Å². The van der Waals surface area contributed by atoms with Crippen LogP contribution in [0.15, 0.2) is 42.7 Å². The highest BCUT2D eigenvalue weighted by Crippen LogP contribution is 2.35. The summed E-state index contributed by atoms with van der Waals surface area (Å²) in [6, 6.07) is 10.5. The van der Waals surface area contributed by atoms with E-state index in [9.17, 15) is 4.79 Å². The maximum atomic E-state index is 12.1. The summed E-state index contributed by atoms with van der Waals surface area (Å²) in [4.78, 5) is 20.6. The molecule has 3 aromatic rings. The van der Waals surface area contributed by atoms with E-state index in [-0.39, 0.29) is 6.10 Å². The first-order valence-electron chi connectivity index (χ1n) is 10.2. The number of ether oxygens (including phenoxy) is 4. The first-order valence-corrected chi connectivity index (χ1v) is 10.2. The van der Waals surface area contributed by atoms with Crippen molar-refractivity contribution in [1.29, 1.82) is 0 Å². The van der Waals surface area contributed by atoms with Crippen LogP contribution in [-0.2, 0) is 4.74 Å². The van der Waals surface area contributed by atoms with Gasteiger partial charge in [-0.05, 0) is 43.2 Å². The molecule has 0 aliphatic carbocycles. The van der Waals surface area contributed by atoms with Gasteiger partial charge in [0, 0.05) is 11.8 Å². The molecular formula is C23H27N3O5. The highest BCUT2D eigenvalue weighted by molar-refractivity contribution is 5.87. The molecule has 1 heterocycles. The van der Waals surface area contributed by atoms with E-state index < -0.39 is 6.09 Å². The SMILES string of the molecule is CCCC(CC)OC(=O)Nc1ccc(Oc2ncnc3cc(OC)c(OC)cc23)cc1. The van der Waals surface area contributed by atoms with Gasteiger partial charge < -0.3 is 18.9 Å². The second-order valence-corrected chi connectivity index (χ2v) is 6.88. The Bertz CT molecular complexity index is 1020. The molecular weight excluding hydrogens is 398 g/mol. The lowest BCUT2D eigenvalue weighted by atomic mass is 10.2. The van der Waals surface area contributed by atoms with Crippen LogP contribution < -0.4 is 19.5 Å². The third-order valence-corrected chi connectivity index (χ3v) is 4.76. The van der Waals surface area contributed by atoms with Gasteiger partial charge in [-0.2, -0.15) is 0 Å². The van der Waals surface area contributed by atoms with Gasteiger partial charge in [0.15, 0.2) is 11.5 Å². The number of benzene rings is 2. The number of aromatic nitrogens is 2. The maximum absolute atomic E-state index is 12.1. The summed E-state index contributed by atoms with van der Waals surface area (Å²) in [5.74, 6) is 2.08. The van der Waals surface area contributed by atoms with Crippen molar-refractivity contribution in [2.45, 2.75) is 39.2 Å². The Labute approximate surface area is 181 Å². The average Bonchev–Trinajstić information content (AvgIpc) is 2.79. The predicted octanol–water partition coefficient (Wildman–Crippen LogP) is 5.57. The van der Waals surface area contributed by atoms with Gasteiger partial charge in [0.05, 0.1) is 25.1 Å². The number of methoxy groups -OCH3 is 2. The Kier molecular flexibility index (Phi) is 7.48.